The second-order valence-electron chi connectivity index (χ2n) is 6.27. The monoisotopic (exact) mass is 331 g/mol. The molecule has 3 rings (SSSR count). The normalized spacial score (nSPS) is 20.8. The van der Waals surface area contributed by atoms with Gasteiger partial charge in [0.15, 0.2) is 5.65 Å². The van der Waals surface area contributed by atoms with Crippen LogP contribution in [0.3, 0.4) is 0 Å². The maximum absolute atomic E-state index is 12.9. The van der Waals surface area contributed by atoms with Crippen molar-refractivity contribution in [3.8, 4) is 0 Å². The fourth-order valence-electron chi connectivity index (χ4n) is 3.07. The van der Waals surface area contributed by atoms with Gasteiger partial charge in [-0.15, -0.1) is 0 Å². The number of methoxy groups -OCH3 is 1. The Labute approximate surface area is 140 Å². The number of hydrogen-bond donors (Lipinski definition) is 0. The third-order valence-electron chi connectivity index (χ3n) is 4.54. The molecule has 0 aromatic carbocycles. The summed E-state index contributed by atoms with van der Waals surface area (Å²) in [5.74, 6) is -0.616. The molecule has 8 heteroatoms. The standard InChI is InChI=1S/C16H21N5O3/c1-19(2)11-6-13(16(23)24-4)21(8-11)15(22)10-5-12-14(17-7-10)20(3)9-18-12/h5,7,9,11,13H,6,8H2,1-4H3/t11-,13+/m1/s1. The van der Waals surface area contributed by atoms with Crippen LogP contribution in [0.4, 0.5) is 0 Å². The Hall–Kier alpha value is -2.48. The third-order valence-corrected chi connectivity index (χ3v) is 4.54. The van der Waals surface area contributed by atoms with Gasteiger partial charge in [-0.2, -0.15) is 0 Å². The number of fused-ring (bicyclic) bond motifs is 1. The average Bonchev–Trinajstić information content (AvgIpc) is 3.18. The predicted molar refractivity (Wildman–Crippen MR) is 87.4 cm³/mol. The highest BCUT2D eigenvalue weighted by Gasteiger charge is 2.41. The fourth-order valence-corrected chi connectivity index (χ4v) is 3.07. The first kappa shape index (κ1) is 16.4. The third kappa shape index (κ3) is 2.73. The summed E-state index contributed by atoms with van der Waals surface area (Å²) in [6, 6.07) is 1.25. The van der Waals surface area contributed by atoms with E-state index in [1.807, 2.05) is 26.0 Å². The molecule has 0 N–H and O–H groups in total. The number of esters is 1. The average molecular weight is 331 g/mol. The van der Waals surface area contributed by atoms with Gasteiger partial charge in [0.2, 0.25) is 0 Å². The molecule has 1 fully saturated rings. The highest BCUT2D eigenvalue weighted by Crippen LogP contribution is 2.24. The van der Waals surface area contributed by atoms with Gasteiger partial charge >= 0.3 is 5.97 Å². The lowest BCUT2D eigenvalue weighted by atomic mass is 10.1. The van der Waals surface area contributed by atoms with E-state index in [1.165, 1.54) is 13.3 Å². The Kier molecular flexibility index (Phi) is 4.23. The van der Waals surface area contributed by atoms with Crippen LogP contribution in [0.5, 0.6) is 0 Å². The highest BCUT2D eigenvalue weighted by atomic mass is 16.5. The van der Waals surface area contributed by atoms with E-state index in [-0.39, 0.29) is 17.9 Å². The molecule has 2 aromatic heterocycles. The molecule has 1 amide bonds. The van der Waals surface area contributed by atoms with Crippen LogP contribution in [0.1, 0.15) is 16.8 Å². The van der Waals surface area contributed by atoms with E-state index in [4.69, 9.17) is 4.74 Å². The molecule has 8 nitrogen and oxygen atoms in total. The molecule has 0 spiro atoms. The first-order valence-electron chi connectivity index (χ1n) is 7.74. The summed E-state index contributed by atoms with van der Waals surface area (Å²) in [6.45, 7) is 0.478. The van der Waals surface area contributed by atoms with E-state index in [1.54, 1.807) is 21.9 Å². The molecule has 0 radical (unpaired) electrons. The van der Waals surface area contributed by atoms with Crippen LogP contribution in [0.25, 0.3) is 11.2 Å². The number of likely N-dealkylation sites (tertiary alicyclic amines) is 1. The van der Waals surface area contributed by atoms with Crippen LogP contribution in [0.2, 0.25) is 0 Å². The summed E-state index contributed by atoms with van der Waals surface area (Å²) < 4.78 is 6.66. The van der Waals surface area contributed by atoms with E-state index >= 15 is 0 Å². The SMILES string of the molecule is COC(=O)[C@@H]1C[C@@H](N(C)C)CN1C(=O)c1cnc2c(c1)ncn2C. The Morgan fingerprint density at radius 1 is 1.33 bits per heavy atom. The summed E-state index contributed by atoms with van der Waals surface area (Å²) in [7, 11) is 7.07. The van der Waals surface area contributed by atoms with Crippen molar-refractivity contribution in [3.63, 3.8) is 0 Å². The van der Waals surface area contributed by atoms with Crippen molar-refractivity contribution in [1.82, 2.24) is 24.3 Å². The zero-order chi connectivity index (χ0) is 17.4. The topological polar surface area (TPSA) is 80.6 Å². The summed E-state index contributed by atoms with van der Waals surface area (Å²) in [6.07, 6.45) is 3.75. The molecule has 0 saturated carbocycles. The number of likely N-dealkylation sites (N-methyl/N-ethyl adjacent to an activating group) is 1. The molecule has 0 bridgehead atoms. The first-order valence-corrected chi connectivity index (χ1v) is 7.74. The predicted octanol–water partition coefficient (Wildman–Crippen LogP) is 0.286. The van der Waals surface area contributed by atoms with Gasteiger partial charge < -0.3 is 19.1 Å². The Morgan fingerprint density at radius 3 is 2.75 bits per heavy atom. The number of pyridine rings is 1. The van der Waals surface area contributed by atoms with Crippen molar-refractivity contribution in [2.24, 2.45) is 7.05 Å². The molecular weight excluding hydrogens is 310 g/mol. The van der Waals surface area contributed by atoms with Crippen molar-refractivity contribution in [2.45, 2.75) is 18.5 Å². The van der Waals surface area contributed by atoms with Crippen LogP contribution < -0.4 is 0 Å². The van der Waals surface area contributed by atoms with Crippen LogP contribution >= 0.6 is 0 Å². The number of carbonyl (C=O) groups is 2. The lowest BCUT2D eigenvalue weighted by Gasteiger charge is -2.23. The van der Waals surface area contributed by atoms with Crippen molar-refractivity contribution in [3.05, 3.63) is 24.2 Å². The minimum atomic E-state index is -0.575. The minimum absolute atomic E-state index is 0.115. The molecule has 0 unspecified atom stereocenters. The largest absolute Gasteiger partial charge is 0.467 e. The van der Waals surface area contributed by atoms with Crippen LogP contribution in [0, 0.1) is 0 Å². The lowest BCUT2D eigenvalue weighted by Crippen LogP contribution is -2.41. The summed E-state index contributed by atoms with van der Waals surface area (Å²) in [4.78, 5) is 37.1. The highest BCUT2D eigenvalue weighted by molar-refractivity contribution is 5.98. The van der Waals surface area contributed by atoms with Crippen LogP contribution in [-0.4, -0.2) is 76.0 Å². The van der Waals surface area contributed by atoms with Crippen LogP contribution in [0.15, 0.2) is 18.6 Å². The van der Waals surface area contributed by atoms with Gasteiger partial charge in [0.05, 0.1) is 19.0 Å². The number of aryl methyl sites for hydroxylation is 1. The zero-order valence-corrected chi connectivity index (χ0v) is 14.3. The first-order chi connectivity index (χ1) is 11.4. The minimum Gasteiger partial charge on any atom is -0.467 e. The van der Waals surface area contributed by atoms with Gasteiger partial charge in [0.25, 0.3) is 5.91 Å². The Balaban J connectivity index is 1.91. The Morgan fingerprint density at radius 2 is 2.08 bits per heavy atom. The molecule has 1 saturated heterocycles. The van der Waals surface area contributed by atoms with E-state index in [0.29, 0.717) is 29.7 Å². The van der Waals surface area contributed by atoms with Gasteiger partial charge in [0, 0.05) is 25.8 Å². The lowest BCUT2D eigenvalue weighted by molar-refractivity contribution is -0.145. The quantitative estimate of drug-likeness (QED) is 0.752. The number of nitrogens with zero attached hydrogens (tertiary/aromatic N) is 5. The maximum Gasteiger partial charge on any atom is 0.328 e. The number of imidazole rings is 1. The van der Waals surface area contributed by atoms with E-state index in [9.17, 15) is 9.59 Å². The molecule has 24 heavy (non-hydrogen) atoms. The van der Waals surface area contributed by atoms with Crippen molar-refractivity contribution < 1.29 is 14.3 Å². The second kappa shape index (κ2) is 6.20. The molecule has 2 aromatic rings. The van der Waals surface area contributed by atoms with Crippen molar-refractivity contribution in [2.75, 3.05) is 27.7 Å². The van der Waals surface area contributed by atoms with Gasteiger partial charge in [-0.05, 0) is 26.6 Å². The number of amides is 1. The summed E-state index contributed by atoms with van der Waals surface area (Å²) >= 11 is 0. The van der Waals surface area contributed by atoms with E-state index in [0.717, 1.165) is 0 Å². The van der Waals surface area contributed by atoms with E-state index < -0.39 is 6.04 Å². The fraction of sp³-hybridized carbons (Fsp3) is 0.500. The van der Waals surface area contributed by atoms with Gasteiger partial charge in [-0.3, -0.25) is 4.79 Å². The smallest absolute Gasteiger partial charge is 0.328 e. The molecule has 3 heterocycles. The second-order valence-corrected chi connectivity index (χ2v) is 6.27. The number of rotatable bonds is 3. The number of ether oxygens (including phenoxy) is 1. The Bertz CT molecular complexity index is 785. The molecular formula is C16H21N5O3. The number of hydrogen-bond acceptors (Lipinski definition) is 6. The molecule has 1 aliphatic rings. The van der Waals surface area contributed by atoms with Gasteiger partial charge in [-0.1, -0.05) is 0 Å². The molecule has 0 aliphatic carbocycles. The van der Waals surface area contributed by atoms with E-state index in [2.05, 4.69) is 9.97 Å². The molecule has 128 valence electrons. The summed E-state index contributed by atoms with van der Waals surface area (Å²) in [5, 5.41) is 0. The molecule has 1 aliphatic heterocycles. The maximum atomic E-state index is 12.9. The zero-order valence-electron chi connectivity index (χ0n) is 14.3. The van der Waals surface area contributed by atoms with Crippen LogP contribution in [-0.2, 0) is 16.6 Å². The van der Waals surface area contributed by atoms with Crippen molar-refractivity contribution >= 4 is 23.0 Å². The van der Waals surface area contributed by atoms with Gasteiger partial charge in [0.1, 0.15) is 11.6 Å². The number of aromatic nitrogens is 3. The number of carbonyl (C=O) groups excluding carboxylic acids is 2. The van der Waals surface area contributed by atoms with Crippen molar-refractivity contribution in [1.29, 1.82) is 0 Å². The summed E-state index contributed by atoms with van der Waals surface area (Å²) in [5.41, 5.74) is 1.79. The molecule has 2 atom stereocenters. The van der Waals surface area contributed by atoms with Gasteiger partial charge in [-0.25, -0.2) is 14.8 Å².